The fourth-order valence-corrected chi connectivity index (χ4v) is 5.16. The third-order valence-electron chi connectivity index (χ3n) is 5.33. The minimum atomic E-state index is -5.08. The molecule has 0 amide bonds. The second-order valence-electron chi connectivity index (χ2n) is 7.40. The summed E-state index contributed by atoms with van der Waals surface area (Å²) in [7, 11) is -5.08. The molecule has 2 heterocycles. The Hall–Kier alpha value is -3.39. The maximum absolute atomic E-state index is 14.2. The van der Waals surface area contributed by atoms with Crippen molar-refractivity contribution in [1.29, 1.82) is 0 Å². The van der Waals surface area contributed by atoms with Gasteiger partial charge >= 0.3 is 5.97 Å². The van der Waals surface area contributed by atoms with Gasteiger partial charge in [0.25, 0.3) is 0 Å². The lowest BCUT2D eigenvalue weighted by Gasteiger charge is -2.35. The maximum Gasteiger partial charge on any atom is 0.360 e. The van der Waals surface area contributed by atoms with Gasteiger partial charge in [0.1, 0.15) is 0 Å². The average Bonchev–Trinajstić information content (AvgIpc) is 2.85. The highest BCUT2D eigenvalue weighted by Crippen LogP contribution is 2.30. The average molecular weight is 516 g/mol. The lowest BCUT2D eigenvalue weighted by molar-refractivity contribution is 0.0520. The first-order valence-electron chi connectivity index (χ1n) is 10.3. The molecule has 35 heavy (non-hydrogen) atoms. The number of hydrogen-bond acceptors (Lipinski definition) is 7. The molecule has 0 spiro atoms. The molecule has 4 rings (SSSR count). The number of nitrogens with zero attached hydrogens (tertiary/aromatic N) is 4. The predicted octanol–water partition coefficient (Wildman–Crippen LogP) is 3.01. The van der Waals surface area contributed by atoms with Crippen molar-refractivity contribution in [1.82, 2.24) is 14.3 Å². The number of sulfonamides is 1. The third-order valence-corrected chi connectivity index (χ3v) is 7.25. The van der Waals surface area contributed by atoms with E-state index in [1.54, 1.807) is 31.2 Å². The van der Waals surface area contributed by atoms with E-state index in [2.05, 4.69) is 9.97 Å². The van der Waals surface area contributed by atoms with Crippen LogP contribution in [0.1, 0.15) is 17.4 Å². The van der Waals surface area contributed by atoms with Gasteiger partial charge in [0.2, 0.25) is 15.8 Å². The van der Waals surface area contributed by atoms with Gasteiger partial charge in [0.05, 0.1) is 17.6 Å². The number of para-hydroxylation sites is 2. The molecule has 1 aliphatic rings. The molecule has 2 aromatic carbocycles. The lowest BCUT2D eigenvalue weighted by Crippen LogP contribution is -2.49. The number of carbonyl (C=O) groups excluding carboxylic acids is 1. The number of carbonyl (C=O) groups is 1. The van der Waals surface area contributed by atoms with Crippen LogP contribution in [0.25, 0.3) is 11.0 Å². The number of halogens is 5. The van der Waals surface area contributed by atoms with Crippen molar-refractivity contribution in [2.45, 2.75) is 11.8 Å². The number of benzene rings is 2. The van der Waals surface area contributed by atoms with Gasteiger partial charge in [-0.2, -0.15) is 4.31 Å². The van der Waals surface area contributed by atoms with Crippen molar-refractivity contribution in [2.75, 3.05) is 37.7 Å². The van der Waals surface area contributed by atoms with E-state index in [1.165, 1.54) is 4.90 Å². The summed E-state index contributed by atoms with van der Waals surface area (Å²) in [4.78, 5) is 20.8. The van der Waals surface area contributed by atoms with Gasteiger partial charge in [-0.15, -0.1) is 0 Å². The Morgan fingerprint density at radius 3 is 1.94 bits per heavy atom. The van der Waals surface area contributed by atoms with Crippen LogP contribution in [0.4, 0.5) is 27.8 Å². The molecule has 3 aromatic rings. The molecule has 186 valence electrons. The molecular formula is C21H17F5N4O4S. The normalized spacial score (nSPS) is 15.0. The summed E-state index contributed by atoms with van der Waals surface area (Å²) in [5.41, 5.74) is 0.764. The fourth-order valence-electron chi connectivity index (χ4n) is 3.63. The van der Waals surface area contributed by atoms with E-state index < -0.39 is 63.1 Å². The summed E-state index contributed by atoms with van der Waals surface area (Å²) in [5.74, 6) is -12.7. The van der Waals surface area contributed by atoms with Crippen LogP contribution in [0, 0.1) is 29.1 Å². The second kappa shape index (κ2) is 9.34. The first kappa shape index (κ1) is 24.7. The molecule has 0 unspecified atom stereocenters. The van der Waals surface area contributed by atoms with Gasteiger partial charge in [0, 0.05) is 26.2 Å². The molecule has 0 saturated carbocycles. The molecule has 0 N–H and O–H groups in total. The van der Waals surface area contributed by atoms with Crippen LogP contribution < -0.4 is 4.90 Å². The van der Waals surface area contributed by atoms with Crippen LogP contribution in [0.2, 0.25) is 0 Å². The molecule has 0 atom stereocenters. The Balaban J connectivity index is 1.66. The number of rotatable bonds is 5. The highest BCUT2D eigenvalue weighted by Gasteiger charge is 2.39. The number of anilines is 1. The van der Waals surface area contributed by atoms with Gasteiger partial charge in [-0.1, -0.05) is 12.1 Å². The van der Waals surface area contributed by atoms with Crippen LogP contribution in [-0.2, 0) is 14.8 Å². The summed E-state index contributed by atoms with van der Waals surface area (Å²) in [6.07, 6.45) is 0. The summed E-state index contributed by atoms with van der Waals surface area (Å²) in [6.45, 7) is 0.662. The number of esters is 1. The van der Waals surface area contributed by atoms with E-state index in [0.29, 0.717) is 15.3 Å². The predicted molar refractivity (Wildman–Crippen MR) is 113 cm³/mol. The molecule has 8 nitrogen and oxygen atoms in total. The standard InChI is InChI=1S/C21H17F5N4O4S/c1-2-34-21(31)18-20(28-12-6-4-3-5-11(12)27-18)29-7-9-30(10-8-29)35(32,33)19-16(25)14(23)13(22)15(24)17(19)26/h3-6H,2,7-10H2,1H3. The van der Waals surface area contributed by atoms with E-state index in [0.717, 1.165) is 0 Å². The van der Waals surface area contributed by atoms with Gasteiger partial charge in [0.15, 0.2) is 39.7 Å². The number of hydrogen-bond donors (Lipinski definition) is 0. The van der Waals surface area contributed by atoms with Crippen LogP contribution in [0.15, 0.2) is 29.2 Å². The largest absolute Gasteiger partial charge is 0.461 e. The minimum Gasteiger partial charge on any atom is -0.461 e. The van der Waals surface area contributed by atoms with Crippen molar-refractivity contribution >= 4 is 32.8 Å². The molecule has 1 saturated heterocycles. The summed E-state index contributed by atoms with van der Waals surface area (Å²) in [6, 6.07) is 6.71. The molecule has 0 bridgehead atoms. The van der Waals surface area contributed by atoms with Crippen molar-refractivity contribution in [3.05, 3.63) is 59.0 Å². The van der Waals surface area contributed by atoms with Crippen LogP contribution >= 0.6 is 0 Å². The highest BCUT2D eigenvalue weighted by atomic mass is 32.2. The van der Waals surface area contributed by atoms with E-state index in [-0.39, 0.29) is 31.2 Å². The molecule has 0 radical (unpaired) electrons. The number of fused-ring (bicyclic) bond motifs is 1. The maximum atomic E-state index is 14.2. The van der Waals surface area contributed by atoms with Crippen LogP contribution in [0.3, 0.4) is 0 Å². The zero-order chi connectivity index (χ0) is 25.5. The Morgan fingerprint density at radius 1 is 0.886 bits per heavy atom. The SMILES string of the molecule is CCOC(=O)c1nc2ccccc2nc1N1CCN(S(=O)(=O)c2c(F)c(F)c(F)c(F)c2F)CC1. The smallest absolute Gasteiger partial charge is 0.360 e. The monoisotopic (exact) mass is 516 g/mol. The zero-order valence-electron chi connectivity index (χ0n) is 18.1. The first-order valence-corrected chi connectivity index (χ1v) is 11.7. The van der Waals surface area contributed by atoms with Crippen molar-refractivity contribution in [2.24, 2.45) is 0 Å². The van der Waals surface area contributed by atoms with Gasteiger partial charge in [-0.25, -0.2) is 45.1 Å². The van der Waals surface area contributed by atoms with E-state index >= 15 is 0 Å². The van der Waals surface area contributed by atoms with Crippen molar-refractivity contribution < 1.29 is 39.9 Å². The Labute approximate surface area is 196 Å². The topological polar surface area (TPSA) is 92.7 Å². The summed E-state index contributed by atoms with van der Waals surface area (Å²) < 4.78 is 100. The number of aromatic nitrogens is 2. The van der Waals surface area contributed by atoms with Crippen molar-refractivity contribution in [3.8, 4) is 0 Å². The van der Waals surface area contributed by atoms with Crippen LogP contribution in [-0.4, -0.2) is 61.4 Å². The zero-order valence-corrected chi connectivity index (χ0v) is 18.9. The third kappa shape index (κ3) is 4.27. The molecule has 1 aromatic heterocycles. The summed E-state index contributed by atoms with van der Waals surface area (Å²) in [5, 5.41) is 0. The van der Waals surface area contributed by atoms with E-state index in [9.17, 15) is 35.2 Å². The first-order chi connectivity index (χ1) is 16.6. The minimum absolute atomic E-state index is 0.0702. The van der Waals surface area contributed by atoms with Crippen molar-refractivity contribution in [3.63, 3.8) is 0 Å². The number of piperazine rings is 1. The lowest BCUT2D eigenvalue weighted by atomic mass is 10.2. The van der Waals surface area contributed by atoms with Gasteiger partial charge < -0.3 is 9.64 Å². The molecule has 1 aliphatic heterocycles. The number of ether oxygens (including phenoxy) is 1. The van der Waals surface area contributed by atoms with E-state index in [1.807, 2.05) is 0 Å². The quantitative estimate of drug-likeness (QED) is 0.223. The van der Waals surface area contributed by atoms with Gasteiger partial charge in [-0.05, 0) is 19.1 Å². The fraction of sp³-hybridized carbons (Fsp3) is 0.286. The van der Waals surface area contributed by atoms with Crippen LogP contribution in [0.5, 0.6) is 0 Å². The Kier molecular flexibility index (Phi) is 6.60. The molecule has 1 fully saturated rings. The second-order valence-corrected chi connectivity index (χ2v) is 9.27. The highest BCUT2D eigenvalue weighted by molar-refractivity contribution is 7.89. The molecular weight excluding hydrogens is 499 g/mol. The van der Waals surface area contributed by atoms with E-state index in [4.69, 9.17) is 4.74 Å². The Morgan fingerprint density at radius 2 is 1.40 bits per heavy atom. The van der Waals surface area contributed by atoms with Gasteiger partial charge in [-0.3, -0.25) is 0 Å². The molecule has 0 aliphatic carbocycles. The molecule has 14 heteroatoms. The Bertz CT molecular complexity index is 1400. The summed E-state index contributed by atoms with van der Waals surface area (Å²) >= 11 is 0.